The maximum atomic E-state index is 11.6. The number of esters is 1. The zero-order chi connectivity index (χ0) is 16.2. The van der Waals surface area contributed by atoms with Gasteiger partial charge in [-0.1, -0.05) is 18.2 Å². The summed E-state index contributed by atoms with van der Waals surface area (Å²) in [4.78, 5) is 16.4. The molecule has 0 atom stereocenters. The van der Waals surface area contributed by atoms with Crippen LogP contribution in [0.2, 0.25) is 0 Å². The fourth-order valence-corrected chi connectivity index (χ4v) is 2.96. The molecule has 1 aromatic heterocycles. The van der Waals surface area contributed by atoms with Crippen LogP contribution in [0.4, 0.5) is 5.69 Å². The standard InChI is InChI=1S/C18H22N2O3/c1-14-17(18(21)22-2)12-16(23-14)13-19-8-10-20(11-9-19)15-6-4-3-5-7-15/h3-7,12H,8-11,13H2,1-2H3. The molecule has 5 heteroatoms. The lowest BCUT2D eigenvalue weighted by molar-refractivity contribution is 0.0599. The second-order valence-electron chi connectivity index (χ2n) is 5.77. The van der Waals surface area contributed by atoms with Gasteiger partial charge in [0.1, 0.15) is 17.1 Å². The van der Waals surface area contributed by atoms with Gasteiger partial charge in [-0.3, -0.25) is 4.90 Å². The van der Waals surface area contributed by atoms with Gasteiger partial charge in [0.2, 0.25) is 0 Å². The summed E-state index contributed by atoms with van der Waals surface area (Å²) in [6.45, 7) is 6.45. The van der Waals surface area contributed by atoms with E-state index in [2.05, 4.69) is 34.1 Å². The second-order valence-corrected chi connectivity index (χ2v) is 5.77. The number of carbonyl (C=O) groups excluding carboxylic acids is 1. The maximum Gasteiger partial charge on any atom is 0.341 e. The van der Waals surface area contributed by atoms with Crippen LogP contribution in [0, 0.1) is 6.92 Å². The van der Waals surface area contributed by atoms with Gasteiger partial charge in [-0.05, 0) is 25.1 Å². The molecule has 0 saturated carbocycles. The molecule has 0 aliphatic carbocycles. The smallest absolute Gasteiger partial charge is 0.341 e. The van der Waals surface area contributed by atoms with Gasteiger partial charge in [0.05, 0.1) is 13.7 Å². The number of hydrogen-bond acceptors (Lipinski definition) is 5. The van der Waals surface area contributed by atoms with Gasteiger partial charge in [-0.2, -0.15) is 0 Å². The van der Waals surface area contributed by atoms with Gasteiger partial charge < -0.3 is 14.1 Å². The van der Waals surface area contributed by atoms with Gasteiger partial charge in [-0.25, -0.2) is 4.79 Å². The molecule has 1 aliphatic heterocycles. The summed E-state index contributed by atoms with van der Waals surface area (Å²) >= 11 is 0. The first kappa shape index (κ1) is 15.6. The molecule has 3 rings (SSSR count). The molecule has 0 spiro atoms. The predicted octanol–water partition coefficient (Wildman–Crippen LogP) is 2.70. The van der Waals surface area contributed by atoms with Crippen molar-refractivity contribution >= 4 is 11.7 Å². The summed E-state index contributed by atoms with van der Waals surface area (Å²) in [7, 11) is 1.39. The number of furan rings is 1. The summed E-state index contributed by atoms with van der Waals surface area (Å²) in [5, 5.41) is 0. The van der Waals surface area contributed by atoms with Crippen LogP contribution in [0.3, 0.4) is 0 Å². The fraction of sp³-hybridized carbons (Fsp3) is 0.389. The molecule has 0 unspecified atom stereocenters. The number of methoxy groups -OCH3 is 1. The van der Waals surface area contributed by atoms with Crippen LogP contribution in [0.1, 0.15) is 21.9 Å². The number of benzene rings is 1. The first-order valence-corrected chi connectivity index (χ1v) is 7.87. The Bertz CT molecular complexity index is 658. The number of aryl methyl sites for hydroxylation is 1. The molecule has 5 nitrogen and oxygen atoms in total. The summed E-state index contributed by atoms with van der Waals surface area (Å²) in [6, 6.07) is 12.3. The molecule has 0 amide bonds. The highest BCUT2D eigenvalue weighted by Gasteiger charge is 2.20. The second kappa shape index (κ2) is 6.87. The Hall–Kier alpha value is -2.27. The number of para-hydroxylation sites is 1. The van der Waals surface area contributed by atoms with Crippen molar-refractivity contribution in [3.05, 3.63) is 53.5 Å². The quantitative estimate of drug-likeness (QED) is 0.812. The van der Waals surface area contributed by atoms with E-state index in [4.69, 9.17) is 9.15 Å². The third kappa shape index (κ3) is 3.56. The van der Waals surface area contributed by atoms with Crippen molar-refractivity contribution in [2.24, 2.45) is 0 Å². The van der Waals surface area contributed by atoms with Crippen molar-refractivity contribution in [1.82, 2.24) is 4.90 Å². The van der Waals surface area contributed by atoms with Crippen LogP contribution in [-0.2, 0) is 11.3 Å². The van der Waals surface area contributed by atoms with Gasteiger partial charge in [0.25, 0.3) is 0 Å². The fourth-order valence-electron chi connectivity index (χ4n) is 2.96. The Labute approximate surface area is 136 Å². The number of rotatable bonds is 4. The zero-order valence-electron chi connectivity index (χ0n) is 13.6. The number of anilines is 1. The van der Waals surface area contributed by atoms with Crippen LogP contribution in [0.25, 0.3) is 0 Å². The van der Waals surface area contributed by atoms with E-state index in [1.165, 1.54) is 12.8 Å². The number of ether oxygens (including phenoxy) is 1. The van der Waals surface area contributed by atoms with Crippen LogP contribution in [0.5, 0.6) is 0 Å². The van der Waals surface area contributed by atoms with Crippen molar-refractivity contribution in [2.75, 3.05) is 38.2 Å². The Morgan fingerprint density at radius 1 is 1.17 bits per heavy atom. The molecule has 0 bridgehead atoms. The van der Waals surface area contributed by atoms with Gasteiger partial charge >= 0.3 is 5.97 Å². The molecule has 1 aliphatic rings. The Balaban J connectivity index is 1.58. The van der Waals surface area contributed by atoms with Crippen LogP contribution >= 0.6 is 0 Å². The third-order valence-electron chi connectivity index (χ3n) is 4.25. The zero-order valence-corrected chi connectivity index (χ0v) is 13.6. The molecule has 1 fully saturated rings. The minimum atomic E-state index is -0.341. The molecular formula is C18H22N2O3. The molecule has 1 saturated heterocycles. The van der Waals surface area contributed by atoms with Crippen molar-refractivity contribution in [3.8, 4) is 0 Å². The first-order valence-electron chi connectivity index (χ1n) is 7.87. The number of carbonyl (C=O) groups is 1. The highest BCUT2D eigenvalue weighted by atomic mass is 16.5. The average molecular weight is 314 g/mol. The van der Waals surface area contributed by atoms with Crippen LogP contribution in [-0.4, -0.2) is 44.2 Å². The summed E-state index contributed by atoms with van der Waals surface area (Å²) < 4.78 is 10.5. The number of nitrogens with zero attached hydrogens (tertiary/aromatic N) is 2. The minimum absolute atomic E-state index is 0.341. The van der Waals surface area contributed by atoms with E-state index in [1.54, 1.807) is 13.0 Å². The van der Waals surface area contributed by atoms with E-state index in [1.807, 2.05) is 6.07 Å². The SMILES string of the molecule is COC(=O)c1cc(CN2CCN(c3ccccc3)CC2)oc1C. The Kier molecular flexibility index (Phi) is 4.67. The number of piperazine rings is 1. The molecule has 1 aromatic carbocycles. The van der Waals surface area contributed by atoms with Gasteiger partial charge in [0, 0.05) is 31.9 Å². The molecular weight excluding hydrogens is 292 g/mol. The van der Waals surface area contributed by atoms with E-state index in [9.17, 15) is 4.79 Å². The minimum Gasteiger partial charge on any atom is -0.465 e. The van der Waals surface area contributed by atoms with Crippen molar-refractivity contribution < 1.29 is 13.9 Å². The Morgan fingerprint density at radius 3 is 2.52 bits per heavy atom. The topological polar surface area (TPSA) is 45.9 Å². The lowest BCUT2D eigenvalue weighted by Crippen LogP contribution is -2.45. The van der Waals surface area contributed by atoms with E-state index in [0.29, 0.717) is 11.3 Å². The third-order valence-corrected chi connectivity index (χ3v) is 4.25. The number of hydrogen-bond donors (Lipinski definition) is 0. The Morgan fingerprint density at radius 2 is 1.87 bits per heavy atom. The van der Waals surface area contributed by atoms with Crippen LogP contribution in [0.15, 0.2) is 40.8 Å². The van der Waals surface area contributed by atoms with E-state index >= 15 is 0 Å². The summed E-state index contributed by atoms with van der Waals surface area (Å²) in [5.74, 6) is 1.09. The molecule has 0 N–H and O–H groups in total. The highest BCUT2D eigenvalue weighted by Crippen LogP contribution is 2.20. The molecule has 2 heterocycles. The van der Waals surface area contributed by atoms with E-state index in [-0.39, 0.29) is 5.97 Å². The summed E-state index contributed by atoms with van der Waals surface area (Å²) in [5.41, 5.74) is 1.79. The molecule has 0 radical (unpaired) electrons. The lowest BCUT2D eigenvalue weighted by Gasteiger charge is -2.35. The average Bonchev–Trinajstić information content (AvgIpc) is 2.96. The van der Waals surface area contributed by atoms with Crippen molar-refractivity contribution in [3.63, 3.8) is 0 Å². The van der Waals surface area contributed by atoms with Gasteiger partial charge in [-0.15, -0.1) is 0 Å². The largest absolute Gasteiger partial charge is 0.465 e. The summed E-state index contributed by atoms with van der Waals surface area (Å²) in [6.07, 6.45) is 0. The molecule has 2 aromatic rings. The highest BCUT2D eigenvalue weighted by molar-refractivity contribution is 5.90. The van der Waals surface area contributed by atoms with E-state index < -0.39 is 0 Å². The van der Waals surface area contributed by atoms with E-state index in [0.717, 1.165) is 38.5 Å². The first-order chi connectivity index (χ1) is 11.2. The van der Waals surface area contributed by atoms with Gasteiger partial charge in [0.15, 0.2) is 0 Å². The van der Waals surface area contributed by atoms with Crippen molar-refractivity contribution in [1.29, 1.82) is 0 Å². The monoisotopic (exact) mass is 314 g/mol. The lowest BCUT2D eigenvalue weighted by atomic mass is 10.2. The normalized spacial score (nSPS) is 15.7. The maximum absolute atomic E-state index is 11.6. The van der Waals surface area contributed by atoms with Crippen molar-refractivity contribution in [2.45, 2.75) is 13.5 Å². The van der Waals surface area contributed by atoms with Crippen LogP contribution < -0.4 is 4.90 Å². The molecule has 23 heavy (non-hydrogen) atoms. The predicted molar refractivity (Wildman–Crippen MR) is 88.7 cm³/mol. The molecule has 122 valence electrons.